The molecule has 0 aliphatic carbocycles. The molecule has 0 aromatic rings. The van der Waals surface area contributed by atoms with Gasteiger partial charge in [-0.3, -0.25) is 0 Å². The number of amides is 2. The van der Waals surface area contributed by atoms with Crippen molar-refractivity contribution in [2.75, 3.05) is 19.6 Å². The first-order chi connectivity index (χ1) is 8.97. The van der Waals surface area contributed by atoms with Crippen LogP contribution in [0.5, 0.6) is 0 Å². The number of carbonyl (C=O) groups is 2. The molecule has 3 heterocycles. The lowest BCUT2D eigenvalue weighted by molar-refractivity contribution is -0.141. The molecule has 0 radical (unpaired) electrons. The molecule has 7 nitrogen and oxygen atoms in total. The summed E-state index contributed by atoms with van der Waals surface area (Å²) in [5.41, 5.74) is 0. The van der Waals surface area contributed by atoms with E-state index in [-0.39, 0.29) is 6.04 Å². The first kappa shape index (κ1) is 14.1. The molecule has 3 unspecified atom stereocenters. The minimum absolute atomic E-state index is 0.0749. The van der Waals surface area contributed by atoms with Gasteiger partial charge >= 0.3 is 12.0 Å². The van der Waals surface area contributed by atoms with Crippen LogP contribution in [0.15, 0.2) is 0 Å². The highest BCUT2D eigenvalue weighted by molar-refractivity contribution is 5.83. The molecule has 3 aliphatic heterocycles. The average Bonchev–Trinajstić information content (AvgIpc) is 2.36. The van der Waals surface area contributed by atoms with Gasteiger partial charge in [0.2, 0.25) is 0 Å². The lowest BCUT2D eigenvalue weighted by atomic mass is 9.84. The van der Waals surface area contributed by atoms with Gasteiger partial charge in [-0.2, -0.15) is 0 Å². The monoisotopic (exact) mass is 271 g/mol. The number of aliphatic hydroxyl groups excluding tert-OH is 1. The summed E-state index contributed by atoms with van der Waals surface area (Å²) in [5, 5.41) is 23.3. The number of nitrogens with zero attached hydrogens (tertiary/aromatic N) is 1. The second-order valence-electron chi connectivity index (χ2n) is 5.42. The van der Waals surface area contributed by atoms with Crippen LogP contribution in [-0.4, -0.2) is 64.9 Å². The molecule has 2 bridgehead atoms. The van der Waals surface area contributed by atoms with E-state index in [0.29, 0.717) is 5.92 Å². The van der Waals surface area contributed by atoms with Crippen LogP contribution in [0.25, 0.3) is 0 Å². The molecule has 108 valence electrons. The molecule has 19 heavy (non-hydrogen) atoms. The number of rotatable bonds is 4. The Balaban J connectivity index is 1.85. The number of carboxylic acids is 1. The van der Waals surface area contributed by atoms with Gasteiger partial charge < -0.3 is 25.7 Å². The largest absolute Gasteiger partial charge is 0.480 e. The number of carbonyl (C=O) groups excluding carboxylic acids is 1. The van der Waals surface area contributed by atoms with Crippen molar-refractivity contribution < 1.29 is 19.8 Å². The van der Waals surface area contributed by atoms with Crippen molar-refractivity contribution in [2.45, 2.75) is 38.0 Å². The Labute approximate surface area is 112 Å². The molecule has 2 amide bonds. The molecule has 3 aliphatic rings. The van der Waals surface area contributed by atoms with Crippen molar-refractivity contribution in [3.05, 3.63) is 0 Å². The van der Waals surface area contributed by atoms with Crippen molar-refractivity contribution in [3.63, 3.8) is 0 Å². The van der Waals surface area contributed by atoms with E-state index in [1.165, 1.54) is 6.92 Å². The van der Waals surface area contributed by atoms with E-state index >= 15 is 0 Å². The Bertz CT molecular complexity index is 353. The molecule has 4 N–H and O–H groups in total. The zero-order chi connectivity index (χ0) is 14.0. The standard InChI is InChI=1S/C12H21N3O4/c1-7(16)10(11(17)18)14-12(19)13-9-6-15-4-2-8(9)3-5-15/h7-10,16H,2-6H2,1H3,(H,17,18)(H2,13,14,19). The molecule has 7 heteroatoms. The number of hydrogen-bond donors (Lipinski definition) is 4. The van der Waals surface area contributed by atoms with Crippen LogP contribution in [0.4, 0.5) is 4.79 Å². The molecule has 0 aromatic heterocycles. The highest BCUT2D eigenvalue weighted by Gasteiger charge is 2.35. The fourth-order valence-electron chi connectivity index (χ4n) is 2.87. The van der Waals surface area contributed by atoms with Gasteiger partial charge in [-0.15, -0.1) is 0 Å². The lowest BCUT2D eigenvalue weighted by Crippen LogP contribution is -2.60. The first-order valence-electron chi connectivity index (χ1n) is 6.67. The van der Waals surface area contributed by atoms with Crippen LogP contribution in [0.3, 0.4) is 0 Å². The number of hydrogen-bond acceptors (Lipinski definition) is 4. The predicted octanol–water partition coefficient (Wildman–Crippen LogP) is -0.786. The van der Waals surface area contributed by atoms with Gasteiger partial charge in [-0.1, -0.05) is 0 Å². The number of aliphatic carboxylic acids is 1. The summed E-state index contributed by atoms with van der Waals surface area (Å²) in [5.74, 6) is -0.760. The maximum absolute atomic E-state index is 11.8. The van der Waals surface area contributed by atoms with Crippen molar-refractivity contribution in [3.8, 4) is 0 Å². The quantitative estimate of drug-likeness (QED) is 0.537. The highest BCUT2D eigenvalue weighted by atomic mass is 16.4. The molecule has 3 saturated heterocycles. The van der Waals surface area contributed by atoms with Gasteiger partial charge in [-0.05, 0) is 38.8 Å². The van der Waals surface area contributed by atoms with Gasteiger partial charge in [0.1, 0.15) is 0 Å². The fraction of sp³-hybridized carbons (Fsp3) is 0.833. The third-order valence-corrected chi connectivity index (χ3v) is 4.01. The topological polar surface area (TPSA) is 102 Å². The summed E-state index contributed by atoms with van der Waals surface area (Å²) in [4.78, 5) is 25.0. The normalized spacial score (nSPS) is 32.4. The number of aliphatic hydroxyl groups is 1. The van der Waals surface area contributed by atoms with Crippen LogP contribution < -0.4 is 10.6 Å². The summed E-state index contributed by atoms with van der Waals surface area (Å²) in [7, 11) is 0. The minimum Gasteiger partial charge on any atom is -0.480 e. The minimum atomic E-state index is -1.28. The summed E-state index contributed by atoms with van der Waals surface area (Å²) in [6.07, 6.45) is 1.02. The van der Waals surface area contributed by atoms with Gasteiger partial charge in [0.25, 0.3) is 0 Å². The van der Waals surface area contributed by atoms with E-state index in [0.717, 1.165) is 32.5 Å². The molecule has 0 aromatic carbocycles. The first-order valence-corrected chi connectivity index (χ1v) is 6.67. The number of urea groups is 1. The molecule has 3 fully saturated rings. The molecule has 3 atom stereocenters. The zero-order valence-corrected chi connectivity index (χ0v) is 11.0. The smallest absolute Gasteiger partial charge is 0.328 e. The maximum atomic E-state index is 11.8. The van der Waals surface area contributed by atoms with E-state index in [2.05, 4.69) is 15.5 Å². The highest BCUT2D eigenvalue weighted by Crippen LogP contribution is 2.27. The zero-order valence-electron chi connectivity index (χ0n) is 11.0. The Morgan fingerprint density at radius 1 is 1.32 bits per heavy atom. The van der Waals surface area contributed by atoms with Crippen molar-refractivity contribution >= 4 is 12.0 Å². The summed E-state index contributed by atoms with van der Waals surface area (Å²) < 4.78 is 0. The fourth-order valence-corrected chi connectivity index (χ4v) is 2.87. The third kappa shape index (κ3) is 3.36. The predicted molar refractivity (Wildman–Crippen MR) is 67.7 cm³/mol. The van der Waals surface area contributed by atoms with E-state index in [9.17, 15) is 14.7 Å². The third-order valence-electron chi connectivity index (χ3n) is 4.01. The molecule has 0 spiro atoms. The molecule has 0 saturated carbocycles. The number of fused-ring (bicyclic) bond motifs is 3. The number of piperidine rings is 3. The van der Waals surface area contributed by atoms with Crippen molar-refractivity contribution in [1.29, 1.82) is 0 Å². The van der Waals surface area contributed by atoms with Crippen molar-refractivity contribution in [2.24, 2.45) is 5.92 Å². The Morgan fingerprint density at radius 3 is 2.37 bits per heavy atom. The van der Waals surface area contributed by atoms with Gasteiger partial charge in [0.15, 0.2) is 6.04 Å². The average molecular weight is 271 g/mol. The summed E-state index contributed by atoms with van der Waals surface area (Å²) >= 11 is 0. The molecular weight excluding hydrogens is 250 g/mol. The van der Waals surface area contributed by atoms with E-state index in [1.807, 2.05) is 0 Å². The second-order valence-corrected chi connectivity index (χ2v) is 5.42. The van der Waals surface area contributed by atoms with E-state index < -0.39 is 24.1 Å². The van der Waals surface area contributed by atoms with Gasteiger partial charge in [-0.25, -0.2) is 9.59 Å². The Hall–Kier alpha value is -1.34. The molecule has 3 rings (SSSR count). The summed E-state index contributed by atoms with van der Waals surface area (Å²) in [6, 6.07) is -1.72. The van der Waals surface area contributed by atoms with Crippen molar-refractivity contribution in [1.82, 2.24) is 15.5 Å². The second kappa shape index (κ2) is 5.75. The molecular formula is C12H21N3O4. The van der Waals surface area contributed by atoms with Crippen LogP contribution in [-0.2, 0) is 4.79 Å². The summed E-state index contributed by atoms with van der Waals surface area (Å²) in [6.45, 7) is 4.32. The van der Waals surface area contributed by atoms with Crippen LogP contribution in [0.1, 0.15) is 19.8 Å². The SMILES string of the molecule is CC(O)C(NC(=O)NC1CN2CCC1CC2)C(=O)O. The van der Waals surface area contributed by atoms with E-state index in [1.54, 1.807) is 0 Å². The Kier molecular flexibility index (Phi) is 4.26. The van der Waals surface area contributed by atoms with Gasteiger partial charge in [0, 0.05) is 12.6 Å². The van der Waals surface area contributed by atoms with Crippen LogP contribution in [0.2, 0.25) is 0 Å². The van der Waals surface area contributed by atoms with Crippen LogP contribution >= 0.6 is 0 Å². The van der Waals surface area contributed by atoms with E-state index in [4.69, 9.17) is 5.11 Å². The van der Waals surface area contributed by atoms with Crippen LogP contribution in [0, 0.1) is 5.92 Å². The number of carboxylic acid groups (broad SMARTS) is 1. The number of nitrogens with one attached hydrogen (secondary N) is 2. The lowest BCUT2D eigenvalue weighted by Gasteiger charge is -2.44. The van der Waals surface area contributed by atoms with Gasteiger partial charge in [0.05, 0.1) is 6.10 Å². The Morgan fingerprint density at radius 2 is 1.95 bits per heavy atom. The maximum Gasteiger partial charge on any atom is 0.328 e.